The lowest BCUT2D eigenvalue weighted by Gasteiger charge is -2.34. The van der Waals surface area contributed by atoms with Crippen molar-refractivity contribution in [1.29, 1.82) is 0 Å². The summed E-state index contributed by atoms with van der Waals surface area (Å²) in [6, 6.07) is 8.15. The monoisotopic (exact) mass is 564 g/mol. The number of benzene rings is 2. The summed E-state index contributed by atoms with van der Waals surface area (Å²) in [5, 5.41) is 2.72. The van der Waals surface area contributed by atoms with Gasteiger partial charge in [0.15, 0.2) is 4.96 Å². The van der Waals surface area contributed by atoms with Crippen LogP contribution in [-0.4, -0.2) is 34.7 Å². The maximum atomic E-state index is 15.1. The molecule has 12 heteroatoms. The third-order valence-corrected chi connectivity index (χ3v) is 7.66. The standard InChI is InChI=1S/C27H25F5N4O2S/c1-15-14-36-23(16(2)34-26(36)39-15)25(37)33-13-17-11-21(28)24(22(29)12-17)35-9-7-19(8-10-35)18-3-5-20(6-4-18)38-27(30,31)32/h3-6,11-12,14,19H,7-10,13H2,1-2H3,(H,33,37). The first-order chi connectivity index (χ1) is 18.5. The van der Waals surface area contributed by atoms with Crippen LogP contribution in [0, 0.1) is 25.5 Å². The molecule has 2 aromatic heterocycles. The lowest BCUT2D eigenvalue weighted by Crippen LogP contribution is -2.34. The SMILES string of the molecule is Cc1cn2c(C(=O)NCc3cc(F)c(N4CCC(c5ccc(OC(F)(F)F)cc5)CC4)c(F)c3)c(C)nc2s1. The third-order valence-electron chi connectivity index (χ3n) is 6.76. The molecule has 0 atom stereocenters. The number of ether oxygens (including phenoxy) is 1. The molecule has 0 aliphatic carbocycles. The van der Waals surface area contributed by atoms with E-state index in [9.17, 15) is 18.0 Å². The van der Waals surface area contributed by atoms with Crippen LogP contribution in [0.15, 0.2) is 42.6 Å². The predicted octanol–water partition coefficient (Wildman–Crippen LogP) is 6.50. The number of alkyl halides is 3. The Labute approximate surface area is 225 Å². The van der Waals surface area contributed by atoms with E-state index in [1.54, 1.807) is 28.4 Å². The van der Waals surface area contributed by atoms with E-state index in [-0.39, 0.29) is 35.4 Å². The Bertz CT molecular complexity index is 1480. The Kier molecular flexibility index (Phi) is 7.23. The topological polar surface area (TPSA) is 58.9 Å². The number of carbonyl (C=O) groups is 1. The second kappa shape index (κ2) is 10.5. The number of aromatic nitrogens is 2. The molecule has 0 bridgehead atoms. The minimum atomic E-state index is -4.75. The number of fused-ring (bicyclic) bond motifs is 1. The van der Waals surface area contributed by atoms with Crippen LogP contribution in [0.4, 0.5) is 27.6 Å². The highest BCUT2D eigenvalue weighted by atomic mass is 32.1. The van der Waals surface area contributed by atoms with E-state index in [4.69, 9.17) is 0 Å². The quantitative estimate of drug-likeness (QED) is 0.272. The number of imidazole rings is 1. The van der Waals surface area contributed by atoms with Crippen LogP contribution >= 0.6 is 11.3 Å². The first-order valence-corrected chi connectivity index (χ1v) is 13.1. The van der Waals surface area contributed by atoms with E-state index >= 15 is 8.78 Å². The highest BCUT2D eigenvalue weighted by molar-refractivity contribution is 7.17. The predicted molar refractivity (Wildman–Crippen MR) is 137 cm³/mol. The van der Waals surface area contributed by atoms with Gasteiger partial charge in [-0.2, -0.15) is 0 Å². The van der Waals surface area contributed by atoms with Gasteiger partial charge in [0.2, 0.25) is 0 Å². The number of hydrogen-bond donors (Lipinski definition) is 1. The molecule has 39 heavy (non-hydrogen) atoms. The average Bonchev–Trinajstić information content (AvgIpc) is 3.36. The summed E-state index contributed by atoms with van der Waals surface area (Å²) >= 11 is 1.46. The molecule has 1 N–H and O–H groups in total. The fourth-order valence-corrected chi connectivity index (χ4v) is 5.88. The molecule has 1 saturated heterocycles. The van der Waals surface area contributed by atoms with E-state index in [1.807, 2.05) is 13.1 Å². The van der Waals surface area contributed by atoms with Crippen molar-refractivity contribution in [3.05, 3.63) is 81.6 Å². The number of aryl methyl sites for hydroxylation is 2. The highest BCUT2D eigenvalue weighted by Gasteiger charge is 2.31. The number of rotatable bonds is 6. The number of hydrogen-bond acceptors (Lipinski definition) is 5. The van der Waals surface area contributed by atoms with Crippen LogP contribution < -0.4 is 15.0 Å². The minimum Gasteiger partial charge on any atom is -0.406 e. The summed E-state index contributed by atoms with van der Waals surface area (Å²) in [5.74, 6) is -2.07. The van der Waals surface area contributed by atoms with Gasteiger partial charge in [0, 0.05) is 30.7 Å². The fourth-order valence-electron chi connectivity index (χ4n) is 5.00. The molecule has 0 radical (unpaired) electrons. The molecule has 0 unspecified atom stereocenters. The number of amides is 1. The number of piperidine rings is 1. The van der Waals surface area contributed by atoms with E-state index in [1.165, 1.54) is 35.6 Å². The third kappa shape index (κ3) is 5.85. The molecule has 0 saturated carbocycles. The molecule has 2 aromatic carbocycles. The van der Waals surface area contributed by atoms with Crippen LogP contribution in [-0.2, 0) is 6.54 Å². The Hall–Kier alpha value is -3.67. The molecule has 1 aliphatic rings. The van der Waals surface area contributed by atoms with Crippen molar-refractivity contribution in [3.63, 3.8) is 0 Å². The zero-order valence-corrected chi connectivity index (χ0v) is 21.9. The van der Waals surface area contributed by atoms with Crippen molar-refractivity contribution in [2.24, 2.45) is 0 Å². The van der Waals surface area contributed by atoms with E-state index < -0.39 is 18.0 Å². The summed E-state index contributed by atoms with van der Waals surface area (Å²) in [4.78, 5) is 20.5. The maximum absolute atomic E-state index is 15.1. The second-order valence-corrected chi connectivity index (χ2v) is 10.7. The van der Waals surface area contributed by atoms with Gasteiger partial charge in [0.1, 0.15) is 28.8 Å². The zero-order chi connectivity index (χ0) is 27.9. The van der Waals surface area contributed by atoms with Crippen molar-refractivity contribution in [3.8, 4) is 5.75 Å². The van der Waals surface area contributed by atoms with Gasteiger partial charge in [-0.05, 0) is 68.0 Å². The first kappa shape index (κ1) is 26.9. The summed E-state index contributed by atoms with van der Waals surface area (Å²) in [5.41, 5.74) is 1.97. The van der Waals surface area contributed by atoms with Gasteiger partial charge in [0.25, 0.3) is 5.91 Å². The van der Waals surface area contributed by atoms with E-state index in [0.717, 1.165) is 10.4 Å². The molecular weight excluding hydrogens is 539 g/mol. The molecule has 1 fully saturated rings. The van der Waals surface area contributed by atoms with Gasteiger partial charge in [-0.15, -0.1) is 24.5 Å². The largest absolute Gasteiger partial charge is 0.573 e. The van der Waals surface area contributed by atoms with Crippen LogP contribution in [0.2, 0.25) is 0 Å². The summed E-state index contributed by atoms with van der Waals surface area (Å²) in [6.07, 6.45) is -1.77. The molecule has 5 rings (SSSR count). The van der Waals surface area contributed by atoms with Crippen molar-refractivity contribution in [1.82, 2.24) is 14.7 Å². The van der Waals surface area contributed by atoms with Crippen LogP contribution in [0.1, 0.15) is 50.9 Å². The van der Waals surface area contributed by atoms with Gasteiger partial charge >= 0.3 is 6.36 Å². The normalized spacial score (nSPS) is 14.7. The Morgan fingerprint density at radius 2 is 1.74 bits per heavy atom. The van der Waals surface area contributed by atoms with E-state index in [2.05, 4.69) is 15.0 Å². The Balaban J connectivity index is 1.21. The molecule has 6 nitrogen and oxygen atoms in total. The Morgan fingerprint density at radius 1 is 1.10 bits per heavy atom. The number of halogens is 5. The Morgan fingerprint density at radius 3 is 2.36 bits per heavy atom. The smallest absolute Gasteiger partial charge is 0.406 e. The first-order valence-electron chi connectivity index (χ1n) is 12.3. The van der Waals surface area contributed by atoms with Crippen molar-refractivity contribution < 1.29 is 31.5 Å². The lowest BCUT2D eigenvalue weighted by atomic mass is 9.89. The van der Waals surface area contributed by atoms with Gasteiger partial charge < -0.3 is 15.0 Å². The summed E-state index contributed by atoms with van der Waals surface area (Å²) in [7, 11) is 0. The molecule has 206 valence electrons. The minimum absolute atomic E-state index is 0.0484. The van der Waals surface area contributed by atoms with Gasteiger partial charge in [0.05, 0.1) is 5.69 Å². The lowest BCUT2D eigenvalue weighted by molar-refractivity contribution is -0.274. The fraction of sp³-hybridized carbons (Fsp3) is 0.333. The summed E-state index contributed by atoms with van der Waals surface area (Å²) < 4.78 is 72.9. The number of nitrogens with zero attached hydrogens (tertiary/aromatic N) is 3. The van der Waals surface area contributed by atoms with Crippen LogP contribution in [0.3, 0.4) is 0 Å². The van der Waals surface area contributed by atoms with Gasteiger partial charge in [-0.1, -0.05) is 12.1 Å². The number of nitrogens with one attached hydrogen (secondary N) is 1. The van der Waals surface area contributed by atoms with Gasteiger partial charge in [-0.25, -0.2) is 13.8 Å². The van der Waals surface area contributed by atoms with Crippen molar-refractivity contribution in [2.45, 2.75) is 45.5 Å². The second-order valence-electron chi connectivity index (χ2n) is 9.51. The van der Waals surface area contributed by atoms with E-state index in [0.29, 0.717) is 42.3 Å². The molecule has 1 aliphatic heterocycles. The van der Waals surface area contributed by atoms with Crippen LogP contribution in [0.5, 0.6) is 5.75 Å². The number of thiazole rings is 1. The maximum Gasteiger partial charge on any atom is 0.573 e. The zero-order valence-electron chi connectivity index (χ0n) is 21.1. The molecule has 1 amide bonds. The van der Waals surface area contributed by atoms with Crippen LogP contribution in [0.25, 0.3) is 4.96 Å². The summed E-state index contributed by atoms with van der Waals surface area (Å²) in [6.45, 7) is 4.36. The molecular formula is C27H25F5N4O2S. The number of anilines is 1. The average molecular weight is 565 g/mol. The number of carbonyl (C=O) groups excluding carboxylic acids is 1. The van der Waals surface area contributed by atoms with Crippen molar-refractivity contribution >= 4 is 27.9 Å². The van der Waals surface area contributed by atoms with Gasteiger partial charge in [-0.3, -0.25) is 9.20 Å². The van der Waals surface area contributed by atoms with Crippen molar-refractivity contribution in [2.75, 3.05) is 18.0 Å². The molecule has 0 spiro atoms. The highest BCUT2D eigenvalue weighted by Crippen LogP contribution is 2.34. The molecule has 4 aromatic rings. The molecule has 3 heterocycles.